The second-order valence-corrected chi connectivity index (χ2v) is 5.82. The van der Waals surface area contributed by atoms with Gasteiger partial charge in [-0.3, -0.25) is 4.79 Å². The number of rotatable bonds is 3. The lowest BCUT2D eigenvalue weighted by Gasteiger charge is -2.06. The van der Waals surface area contributed by atoms with E-state index in [2.05, 4.69) is 27.9 Å². The van der Waals surface area contributed by atoms with Gasteiger partial charge in [-0.25, -0.2) is 0 Å². The maximum Gasteiger partial charge on any atom is 0.255 e. The molecule has 0 aliphatic carbocycles. The lowest BCUT2D eigenvalue weighted by atomic mass is 10.2. The molecule has 2 aromatic rings. The summed E-state index contributed by atoms with van der Waals surface area (Å²) in [6, 6.07) is 15.4. The van der Waals surface area contributed by atoms with Gasteiger partial charge in [0.05, 0.1) is 0 Å². The number of benzene rings is 2. The van der Waals surface area contributed by atoms with Crippen molar-refractivity contribution in [3.05, 3.63) is 57.7 Å². The zero-order chi connectivity index (χ0) is 13.0. The van der Waals surface area contributed by atoms with Gasteiger partial charge in [0, 0.05) is 19.7 Å². The van der Waals surface area contributed by atoms with Crippen LogP contribution in [0.2, 0.25) is 0 Å². The molecule has 1 N–H and O–H groups in total. The van der Waals surface area contributed by atoms with Gasteiger partial charge >= 0.3 is 0 Å². The fourth-order valence-corrected chi connectivity index (χ4v) is 2.54. The first kappa shape index (κ1) is 13.4. The molecule has 4 heteroatoms. The predicted molar refractivity (Wildman–Crippen MR) is 85.3 cm³/mol. The van der Waals surface area contributed by atoms with E-state index in [0.29, 0.717) is 5.56 Å². The lowest BCUT2D eigenvalue weighted by Crippen LogP contribution is -2.11. The second kappa shape index (κ2) is 6.24. The Kier molecular flexibility index (Phi) is 4.66. The van der Waals surface area contributed by atoms with Crippen LogP contribution in [-0.2, 0) is 0 Å². The first-order chi connectivity index (χ1) is 8.69. The van der Waals surface area contributed by atoms with Crippen molar-refractivity contribution in [2.24, 2.45) is 0 Å². The minimum absolute atomic E-state index is 0.0771. The fraction of sp³-hybridized carbons (Fsp3) is 0.0714. The highest BCUT2D eigenvalue weighted by molar-refractivity contribution is 14.1. The van der Waals surface area contributed by atoms with E-state index in [0.717, 1.165) is 14.2 Å². The van der Waals surface area contributed by atoms with Gasteiger partial charge in [0.15, 0.2) is 0 Å². The molecule has 0 saturated heterocycles. The first-order valence-electron chi connectivity index (χ1n) is 5.40. The quantitative estimate of drug-likeness (QED) is 0.647. The zero-order valence-electron chi connectivity index (χ0n) is 9.81. The highest BCUT2D eigenvalue weighted by Crippen LogP contribution is 2.19. The van der Waals surface area contributed by atoms with E-state index in [9.17, 15) is 4.79 Å². The largest absolute Gasteiger partial charge is 0.322 e. The number of hydrogen-bond donors (Lipinski definition) is 1. The number of thioether (sulfide) groups is 1. The van der Waals surface area contributed by atoms with Crippen molar-refractivity contribution in [2.45, 2.75) is 4.90 Å². The Morgan fingerprint density at radius 3 is 2.67 bits per heavy atom. The van der Waals surface area contributed by atoms with Crippen LogP contribution in [0, 0.1) is 3.57 Å². The Bertz CT molecular complexity index is 571. The molecule has 92 valence electrons. The smallest absolute Gasteiger partial charge is 0.255 e. The molecule has 1 amide bonds. The third-order valence-electron chi connectivity index (χ3n) is 2.41. The van der Waals surface area contributed by atoms with Gasteiger partial charge in [-0.15, -0.1) is 11.8 Å². The summed E-state index contributed by atoms with van der Waals surface area (Å²) in [6.45, 7) is 0. The van der Waals surface area contributed by atoms with Gasteiger partial charge < -0.3 is 5.32 Å². The summed E-state index contributed by atoms with van der Waals surface area (Å²) in [5.41, 5.74) is 1.50. The Morgan fingerprint density at radius 2 is 1.94 bits per heavy atom. The molecule has 2 aromatic carbocycles. The molecule has 2 rings (SSSR count). The van der Waals surface area contributed by atoms with Crippen LogP contribution >= 0.6 is 34.4 Å². The average molecular weight is 369 g/mol. The number of carbonyl (C=O) groups excluding carboxylic acids is 1. The van der Waals surface area contributed by atoms with E-state index in [1.807, 2.05) is 54.8 Å². The van der Waals surface area contributed by atoms with Crippen molar-refractivity contribution in [1.82, 2.24) is 0 Å². The van der Waals surface area contributed by atoms with Gasteiger partial charge in [-0.05, 0) is 65.2 Å². The van der Waals surface area contributed by atoms with Crippen LogP contribution < -0.4 is 5.32 Å². The molecule has 0 fully saturated rings. The summed E-state index contributed by atoms with van der Waals surface area (Å²) in [5.74, 6) is -0.0771. The summed E-state index contributed by atoms with van der Waals surface area (Å²) >= 11 is 3.85. The standard InChI is InChI=1S/C14H12INOS/c1-18-13-7-3-6-12(9-13)16-14(17)10-4-2-5-11(15)8-10/h2-9H,1H3,(H,16,17). The topological polar surface area (TPSA) is 29.1 Å². The van der Waals surface area contributed by atoms with E-state index in [1.54, 1.807) is 11.8 Å². The van der Waals surface area contributed by atoms with Gasteiger partial charge in [-0.2, -0.15) is 0 Å². The minimum Gasteiger partial charge on any atom is -0.322 e. The number of nitrogens with one attached hydrogen (secondary N) is 1. The SMILES string of the molecule is CSc1cccc(NC(=O)c2cccc(I)c2)c1. The van der Waals surface area contributed by atoms with Crippen molar-refractivity contribution in [3.63, 3.8) is 0 Å². The first-order valence-corrected chi connectivity index (χ1v) is 7.70. The number of anilines is 1. The van der Waals surface area contributed by atoms with Gasteiger partial charge in [0.25, 0.3) is 5.91 Å². The monoisotopic (exact) mass is 369 g/mol. The maximum absolute atomic E-state index is 12.0. The molecular weight excluding hydrogens is 357 g/mol. The van der Waals surface area contributed by atoms with Crippen molar-refractivity contribution in [1.29, 1.82) is 0 Å². The van der Waals surface area contributed by atoms with E-state index in [-0.39, 0.29) is 5.91 Å². The Balaban J connectivity index is 2.16. The van der Waals surface area contributed by atoms with Crippen LogP contribution in [0.1, 0.15) is 10.4 Å². The fourth-order valence-electron chi connectivity index (χ4n) is 1.53. The summed E-state index contributed by atoms with van der Waals surface area (Å²) in [4.78, 5) is 13.2. The van der Waals surface area contributed by atoms with Gasteiger partial charge in [0.2, 0.25) is 0 Å². The van der Waals surface area contributed by atoms with Crippen LogP contribution in [0.5, 0.6) is 0 Å². The van der Waals surface area contributed by atoms with Crippen molar-refractivity contribution in [3.8, 4) is 0 Å². The summed E-state index contributed by atoms with van der Waals surface area (Å²) in [7, 11) is 0. The molecule has 0 aromatic heterocycles. The molecule has 0 bridgehead atoms. The van der Waals surface area contributed by atoms with Crippen molar-refractivity contribution in [2.75, 3.05) is 11.6 Å². The normalized spacial score (nSPS) is 10.1. The van der Waals surface area contributed by atoms with Gasteiger partial charge in [0.1, 0.15) is 0 Å². The summed E-state index contributed by atoms with van der Waals surface area (Å²) in [6.07, 6.45) is 2.01. The third kappa shape index (κ3) is 3.49. The molecule has 2 nitrogen and oxygen atoms in total. The second-order valence-electron chi connectivity index (χ2n) is 3.70. The molecule has 0 atom stereocenters. The van der Waals surface area contributed by atoms with Gasteiger partial charge in [-0.1, -0.05) is 12.1 Å². The van der Waals surface area contributed by atoms with Crippen molar-refractivity contribution < 1.29 is 4.79 Å². The minimum atomic E-state index is -0.0771. The molecule has 0 unspecified atom stereocenters. The molecule has 0 saturated carbocycles. The average Bonchev–Trinajstić information content (AvgIpc) is 2.39. The van der Waals surface area contributed by atoms with Crippen LogP contribution in [0.4, 0.5) is 5.69 Å². The molecular formula is C14H12INOS. The molecule has 0 radical (unpaired) electrons. The Hall–Kier alpha value is -1.01. The third-order valence-corrected chi connectivity index (χ3v) is 3.81. The van der Waals surface area contributed by atoms with E-state index in [1.165, 1.54) is 0 Å². The van der Waals surface area contributed by atoms with Crippen LogP contribution in [0.15, 0.2) is 53.4 Å². The number of amides is 1. The van der Waals surface area contributed by atoms with Crippen LogP contribution in [0.25, 0.3) is 0 Å². The number of carbonyl (C=O) groups is 1. The van der Waals surface area contributed by atoms with E-state index >= 15 is 0 Å². The number of hydrogen-bond acceptors (Lipinski definition) is 2. The summed E-state index contributed by atoms with van der Waals surface area (Å²) < 4.78 is 1.05. The van der Waals surface area contributed by atoms with Crippen LogP contribution in [-0.4, -0.2) is 12.2 Å². The highest BCUT2D eigenvalue weighted by Gasteiger charge is 2.06. The lowest BCUT2D eigenvalue weighted by molar-refractivity contribution is 0.102. The molecule has 18 heavy (non-hydrogen) atoms. The number of halogens is 1. The Labute approximate surface area is 124 Å². The van der Waals surface area contributed by atoms with Crippen LogP contribution in [0.3, 0.4) is 0 Å². The predicted octanol–water partition coefficient (Wildman–Crippen LogP) is 4.27. The van der Waals surface area contributed by atoms with E-state index in [4.69, 9.17) is 0 Å². The summed E-state index contributed by atoms with van der Waals surface area (Å²) in [5, 5.41) is 2.90. The zero-order valence-corrected chi connectivity index (χ0v) is 12.8. The maximum atomic E-state index is 12.0. The molecule has 0 aliphatic heterocycles. The highest BCUT2D eigenvalue weighted by atomic mass is 127. The molecule has 0 aliphatic rings. The van der Waals surface area contributed by atoms with Crippen molar-refractivity contribution >= 4 is 45.9 Å². The molecule has 0 spiro atoms. The molecule has 0 heterocycles. The Morgan fingerprint density at radius 1 is 1.17 bits per heavy atom. The van der Waals surface area contributed by atoms with E-state index < -0.39 is 0 Å².